The SMILES string of the molecule is COc1cccc(C2(c3cccc(OC)c3)C=c3ccccc3=C(C=O)C2(CCC=O)CN(C)C)c1. The fourth-order valence-corrected chi connectivity index (χ4v) is 5.97. The van der Waals surface area contributed by atoms with Gasteiger partial charge in [0.2, 0.25) is 0 Å². The minimum atomic E-state index is -0.798. The van der Waals surface area contributed by atoms with Gasteiger partial charge in [-0.3, -0.25) is 4.79 Å². The third kappa shape index (κ3) is 4.14. The van der Waals surface area contributed by atoms with E-state index in [9.17, 15) is 9.59 Å². The van der Waals surface area contributed by atoms with Gasteiger partial charge in [-0.25, -0.2) is 0 Å². The molecule has 0 fully saturated rings. The molecule has 4 rings (SSSR count). The highest BCUT2D eigenvalue weighted by atomic mass is 16.5. The van der Waals surface area contributed by atoms with Crippen LogP contribution in [0.2, 0.25) is 0 Å². The first-order valence-corrected chi connectivity index (χ1v) is 12.1. The Morgan fingerprint density at radius 3 is 1.97 bits per heavy atom. The molecule has 0 aliphatic heterocycles. The van der Waals surface area contributed by atoms with Crippen molar-refractivity contribution in [1.29, 1.82) is 0 Å². The molecule has 0 heterocycles. The number of methoxy groups -OCH3 is 2. The first-order valence-electron chi connectivity index (χ1n) is 12.1. The van der Waals surface area contributed by atoms with Crippen LogP contribution in [0.3, 0.4) is 0 Å². The maximum absolute atomic E-state index is 13.1. The second-order valence-corrected chi connectivity index (χ2v) is 9.56. The van der Waals surface area contributed by atoms with Crippen LogP contribution in [0.15, 0.2) is 72.8 Å². The van der Waals surface area contributed by atoms with Crippen LogP contribution in [0.5, 0.6) is 11.5 Å². The number of hydrogen-bond donors (Lipinski definition) is 0. The van der Waals surface area contributed by atoms with E-state index < -0.39 is 10.8 Å². The number of hydrogen-bond acceptors (Lipinski definition) is 5. The maximum Gasteiger partial charge on any atom is 0.147 e. The highest BCUT2D eigenvalue weighted by molar-refractivity contribution is 6.04. The Labute approximate surface area is 212 Å². The molecule has 3 aromatic carbocycles. The summed E-state index contributed by atoms with van der Waals surface area (Å²) >= 11 is 0. The van der Waals surface area contributed by atoms with Gasteiger partial charge in [0.1, 0.15) is 24.1 Å². The highest BCUT2D eigenvalue weighted by Gasteiger charge is 2.55. The lowest BCUT2D eigenvalue weighted by atomic mass is 9.50. The normalized spacial score (nSPS) is 18.2. The van der Waals surface area contributed by atoms with E-state index in [2.05, 4.69) is 23.1 Å². The molecule has 0 amide bonds. The summed E-state index contributed by atoms with van der Waals surface area (Å²) in [4.78, 5) is 27.0. The average Bonchev–Trinajstić information content (AvgIpc) is 2.91. The maximum atomic E-state index is 13.1. The highest BCUT2D eigenvalue weighted by Crippen LogP contribution is 2.57. The smallest absolute Gasteiger partial charge is 0.147 e. The van der Waals surface area contributed by atoms with Crippen molar-refractivity contribution in [1.82, 2.24) is 4.90 Å². The summed E-state index contributed by atoms with van der Waals surface area (Å²) in [6.45, 7) is 0.550. The Morgan fingerprint density at radius 2 is 1.44 bits per heavy atom. The van der Waals surface area contributed by atoms with Crippen molar-refractivity contribution in [2.75, 3.05) is 34.9 Å². The number of carbonyl (C=O) groups excluding carboxylic acids is 2. The summed E-state index contributed by atoms with van der Waals surface area (Å²) in [6, 6.07) is 24.0. The van der Waals surface area contributed by atoms with E-state index >= 15 is 0 Å². The molecular weight excluding hydrogens is 450 g/mol. The molecule has 0 saturated heterocycles. The Kier molecular flexibility index (Phi) is 7.41. The van der Waals surface area contributed by atoms with Crippen molar-refractivity contribution in [3.05, 3.63) is 94.4 Å². The number of benzene rings is 3. The van der Waals surface area contributed by atoms with Crippen molar-refractivity contribution in [2.24, 2.45) is 5.41 Å². The molecule has 5 nitrogen and oxygen atoms in total. The summed E-state index contributed by atoms with van der Waals surface area (Å²) in [7, 11) is 7.32. The molecule has 0 saturated carbocycles. The lowest BCUT2D eigenvalue weighted by Crippen LogP contribution is -2.58. The van der Waals surface area contributed by atoms with Crippen LogP contribution >= 0.6 is 0 Å². The molecule has 1 atom stereocenters. The van der Waals surface area contributed by atoms with Gasteiger partial charge in [-0.2, -0.15) is 0 Å². The van der Waals surface area contributed by atoms with Gasteiger partial charge >= 0.3 is 0 Å². The minimum Gasteiger partial charge on any atom is -0.497 e. The quantitative estimate of drug-likeness (QED) is 0.414. The molecule has 36 heavy (non-hydrogen) atoms. The van der Waals surface area contributed by atoms with E-state index in [0.29, 0.717) is 25.0 Å². The lowest BCUT2D eigenvalue weighted by molar-refractivity contribution is -0.109. The topological polar surface area (TPSA) is 55.8 Å². The van der Waals surface area contributed by atoms with Gasteiger partial charge < -0.3 is 19.2 Å². The summed E-state index contributed by atoms with van der Waals surface area (Å²) in [5.41, 5.74) is 1.11. The second-order valence-electron chi connectivity index (χ2n) is 9.56. The van der Waals surface area contributed by atoms with Crippen LogP contribution in [0.25, 0.3) is 11.6 Å². The summed E-state index contributed by atoms with van der Waals surface area (Å²) < 4.78 is 11.3. The fourth-order valence-electron chi connectivity index (χ4n) is 5.97. The van der Waals surface area contributed by atoms with Crippen molar-refractivity contribution in [3.8, 4) is 11.5 Å². The van der Waals surface area contributed by atoms with Gasteiger partial charge in [0, 0.05) is 24.0 Å². The second kappa shape index (κ2) is 10.5. The molecule has 0 aromatic heterocycles. The number of fused-ring (bicyclic) bond motifs is 1. The Bertz CT molecular complexity index is 1330. The third-order valence-corrected chi connectivity index (χ3v) is 7.34. The van der Waals surface area contributed by atoms with Crippen LogP contribution in [-0.4, -0.2) is 52.3 Å². The van der Waals surface area contributed by atoms with Crippen molar-refractivity contribution in [3.63, 3.8) is 0 Å². The average molecular weight is 484 g/mol. The van der Waals surface area contributed by atoms with Gasteiger partial charge in [0.25, 0.3) is 0 Å². The monoisotopic (exact) mass is 483 g/mol. The third-order valence-electron chi connectivity index (χ3n) is 7.34. The predicted molar refractivity (Wildman–Crippen MR) is 143 cm³/mol. The standard InChI is InChI=1S/C31H33NO4/c1-32(2)22-30(16-9-17-33)29(21-34)28-15-6-5-10-23(28)20-31(30,24-11-7-13-26(18-24)35-3)25-12-8-14-27(19-25)36-4/h5-8,10-15,17-21H,9,16,22H2,1-4H3. The van der Waals surface area contributed by atoms with Crippen LogP contribution in [-0.2, 0) is 15.0 Å². The first-order chi connectivity index (χ1) is 17.5. The molecule has 5 heteroatoms. The number of ether oxygens (including phenoxy) is 2. The molecule has 1 aliphatic carbocycles. The van der Waals surface area contributed by atoms with Crippen molar-refractivity contribution >= 4 is 24.2 Å². The van der Waals surface area contributed by atoms with Crippen LogP contribution < -0.4 is 19.9 Å². The fraction of sp³-hybridized carbons (Fsp3) is 0.290. The zero-order valence-electron chi connectivity index (χ0n) is 21.4. The Hall–Kier alpha value is -3.70. The molecule has 0 spiro atoms. The van der Waals surface area contributed by atoms with Gasteiger partial charge in [-0.15, -0.1) is 0 Å². The number of nitrogens with zero attached hydrogens (tertiary/aromatic N) is 1. The first kappa shape index (κ1) is 25.4. The van der Waals surface area contributed by atoms with E-state index in [1.807, 2.05) is 74.8 Å². The van der Waals surface area contributed by atoms with Gasteiger partial charge in [-0.05, 0) is 66.3 Å². The van der Waals surface area contributed by atoms with Gasteiger partial charge in [0.15, 0.2) is 0 Å². The van der Waals surface area contributed by atoms with Gasteiger partial charge in [-0.1, -0.05) is 54.6 Å². The largest absolute Gasteiger partial charge is 0.497 e. The molecular formula is C31H33NO4. The summed E-state index contributed by atoms with van der Waals surface area (Å²) in [5, 5.41) is 1.88. The van der Waals surface area contributed by atoms with Crippen LogP contribution in [0.1, 0.15) is 24.0 Å². The van der Waals surface area contributed by atoms with Crippen molar-refractivity contribution in [2.45, 2.75) is 18.3 Å². The molecule has 186 valence electrons. The number of aldehydes is 2. The minimum absolute atomic E-state index is 0.316. The van der Waals surface area contributed by atoms with Crippen LogP contribution in [0.4, 0.5) is 0 Å². The van der Waals surface area contributed by atoms with E-state index in [0.717, 1.165) is 45.6 Å². The summed E-state index contributed by atoms with van der Waals surface area (Å²) in [5.74, 6) is 1.45. The summed E-state index contributed by atoms with van der Waals surface area (Å²) in [6.07, 6.45) is 5.02. The zero-order chi connectivity index (χ0) is 25.8. The Morgan fingerprint density at radius 1 is 0.833 bits per heavy atom. The Balaban J connectivity index is 2.27. The molecule has 0 N–H and O–H groups in total. The van der Waals surface area contributed by atoms with Crippen LogP contribution in [0, 0.1) is 5.41 Å². The number of carbonyl (C=O) groups is 2. The molecule has 3 aromatic rings. The molecule has 1 aliphatic rings. The van der Waals surface area contributed by atoms with E-state index in [4.69, 9.17) is 9.47 Å². The van der Waals surface area contributed by atoms with E-state index in [-0.39, 0.29) is 0 Å². The zero-order valence-corrected chi connectivity index (χ0v) is 21.4. The number of rotatable bonds is 10. The molecule has 0 radical (unpaired) electrons. The molecule has 0 bridgehead atoms. The van der Waals surface area contributed by atoms with Gasteiger partial charge in [0.05, 0.1) is 19.6 Å². The van der Waals surface area contributed by atoms with Crippen molar-refractivity contribution < 1.29 is 19.1 Å². The predicted octanol–water partition coefficient (Wildman–Crippen LogP) is 3.36. The lowest BCUT2D eigenvalue weighted by Gasteiger charge is -2.53. The van der Waals surface area contributed by atoms with E-state index in [1.54, 1.807) is 14.2 Å². The van der Waals surface area contributed by atoms with E-state index in [1.165, 1.54) is 0 Å². The molecule has 1 unspecified atom stereocenters.